The molecule has 2 atom stereocenters. The van der Waals surface area contributed by atoms with Crippen LogP contribution in [-0.4, -0.2) is 15.9 Å². The Labute approximate surface area is 198 Å². The maximum atomic E-state index is 13.0. The number of benzene rings is 2. The van der Waals surface area contributed by atoms with Crippen molar-refractivity contribution in [2.75, 3.05) is 5.73 Å². The largest absolute Gasteiger partial charge is 0.384 e. The van der Waals surface area contributed by atoms with E-state index in [0.29, 0.717) is 29.8 Å². The van der Waals surface area contributed by atoms with E-state index in [2.05, 4.69) is 58.8 Å². The van der Waals surface area contributed by atoms with Crippen molar-refractivity contribution >= 4 is 28.1 Å². The minimum atomic E-state index is -0.0684. The zero-order valence-electron chi connectivity index (χ0n) is 19.3. The first-order chi connectivity index (χ1) is 16.5. The molecule has 3 N–H and O–H groups in total. The number of aryl methyl sites for hydroxylation is 2. The molecule has 0 saturated carbocycles. The number of carbonyl (C=O) groups is 1. The molecule has 2 aromatic heterocycles. The second kappa shape index (κ2) is 7.80. The van der Waals surface area contributed by atoms with Crippen molar-refractivity contribution in [3.8, 4) is 0 Å². The molecule has 168 valence electrons. The molecule has 2 aromatic carbocycles. The maximum absolute atomic E-state index is 13.0. The highest BCUT2D eigenvalue weighted by molar-refractivity contribution is 5.97. The average Bonchev–Trinajstić information content (AvgIpc) is 3.42. The molecule has 2 aliphatic rings. The monoisotopic (exact) mass is 446 g/mol. The molecule has 4 aromatic rings. The van der Waals surface area contributed by atoms with Crippen LogP contribution in [0, 0.1) is 13.8 Å². The summed E-state index contributed by atoms with van der Waals surface area (Å²) in [5.41, 5.74) is 14.4. The Morgan fingerprint density at radius 2 is 1.94 bits per heavy atom. The van der Waals surface area contributed by atoms with Crippen LogP contribution in [0.2, 0.25) is 0 Å². The third kappa shape index (κ3) is 3.27. The number of nitrogens with zero attached hydrogens (tertiary/aromatic N) is 2. The molecule has 2 aliphatic carbocycles. The molecule has 2 bridgehead atoms. The van der Waals surface area contributed by atoms with Gasteiger partial charge in [-0.05, 0) is 77.7 Å². The number of carbonyl (C=O) groups excluding carboxylic acids is 1. The van der Waals surface area contributed by atoms with E-state index in [1.165, 1.54) is 27.5 Å². The number of nitrogens with two attached hydrogens (primary N) is 1. The summed E-state index contributed by atoms with van der Waals surface area (Å²) in [6, 6.07) is 18.5. The van der Waals surface area contributed by atoms with Gasteiger partial charge < -0.3 is 11.1 Å². The lowest BCUT2D eigenvalue weighted by molar-refractivity contribution is 0.0950. The highest BCUT2D eigenvalue weighted by Gasteiger charge is 2.39. The van der Waals surface area contributed by atoms with Crippen LogP contribution < -0.4 is 11.1 Å². The number of nitrogens with one attached hydrogen (secondary N) is 1. The number of anilines is 1. The number of nitrogen functional groups attached to an aromatic ring is 1. The average molecular weight is 447 g/mol. The Bertz CT molecular complexity index is 1480. The summed E-state index contributed by atoms with van der Waals surface area (Å²) in [5.74, 6) is 1.10. The van der Waals surface area contributed by atoms with Gasteiger partial charge >= 0.3 is 0 Å². The zero-order valence-corrected chi connectivity index (χ0v) is 19.3. The fourth-order valence-corrected chi connectivity index (χ4v) is 5.67. The molecular formula is C29H26N4O. The van der Waals surface area contributed by atoms with Crippen LogP contribution in [0.4, 0.5) is 5.82 Å². The summed E-state index contributed by atoms with van der Waals surface area (Å²) in [6.45, 7) is 4.35. The maximum Gasteiger partial charge on any atom is 0.251 e. The van der Waals surface area contributed by atoms with Crippen molar-refractivity contribution in [1.29, 1.82) is 0 Å². The van der Waals surface area contributed by atoms with Gasteiger partial charge in [0.2, 0.25) is 0 Å². The van der Waals surface area contributed by atoms with Crippen molar-refractivity contribution in [3.05, 3.63) is 106 Å². The lowest BCUT2D eigenvalue weighted by Crippen LogP contribution is -2.24. The Kier molecular flexibility index (Phi) is 4.73. The Balaban J connectivity index is 1.25. The van der Waals surface area contributed by atoms with Gasteiger partial charge in [0.15, 0.2) is 0 Å². The van der Waals surface area contributed by atoms with Gasteiger partial charge in [-0.25, -0.2) is 4.98 Å². The van der Waals surface area contributed by atoms with E-state index in [-0.39, 0.29) is 5.91 Å². The number of hydrogen-bond donors (Lipinski definition) is 2. The highest BCUT2D eigenvalue weighted by atomic mass is 16.1. The van der Waals surface area contributed by atoms with Crippen LogP contribution in [0.1, 0.15) is 62.3 Å². The lowest BCUT2D eigenvalue weighted by Gasteiger charge is -2.19. The van der Waals surface area contributed by atoms with E-state index >= 15 is 0 Å². The predicted octanol–water partition coefficient (Wildman–Crippen LogP) is 5.43. The molecule has 0 saturated heterocycles. The number of pyridine rings is 2. The number of hydrogen-bond acceptors (Lipinski definition) is 4. The smallest absolute Gasteiger partial charge is 0.251 e. The number of rotatable bonds is 4. The molecule has 0 fully saturated rings. The first-order valence-electron chi connectivity index (χ1n) is 11.7. The molecule has 2 heterocycles. The van der Waals surface area contributed by atoms with Crippen molar-refractivity contribution in [2.45, 2.75) is 38.6 Å². The van der Waals surface area contributed by atoms with Crippen LogP contribution in [0.15, 0.2) is 66.9 Å². The van der Waals surface area contributed by atoms with E-state index in [9.17, 15) is 4.79 Å². The summed E-state index contributed by atoms with van der Waals surface area (Å²) in [4.78, 5) is 22.0. The lowest BCUT2D eigenvalue weighted by atomic mass is 9.87. The van der Waals surface area contributed by atoms with Crippen LogP contribution >= 0.6 is 0 Å². The molecular weight excluding hydrogens is 420 g/mol. The first kappa shape index (κ1) is 20.6. The van der Waals surface area contributed by atoms with Crippen LogP contribution in [0.3, 0.4) is 0 Å². The molecule has 1 amide bonds. The predicted molar refractivity (Wildman–Crippen MR) is 136 cm³/mol. The number of allylic oxidation sites excluding steroid dienone is 2. The molecule has 0 radical (unpaired) electrons. The molecule has 5 heteroatoms. The topological polar surface area (TPSA) is 80.9 Å². The van der Waals surface area contributed by atoms with E-state index < -0.39 is 0 Å². The fraction of sp³-hybridized carbons (Fsp3) is 0.207. The minimum absolute atomic E-state index is 0.0684. The molecule has 34 heavy (non-hydrogen) atoms. The van der Waals surface area contributed by atoms with Crippen LogP contribution in [-0.2, 0) is 6.54 Å². The second-order valence-electron chi connectivity index (χ2n) is 9.35. The standard InChI is InChI=1S/C29H26N4O/c1-16-11-27(30)33-17(2)26(16)15-32-29(34)19-7-8-22-23(12-19)20-13-24(22)25(14-20)28-21-6-4-3-5-18(21)9-10-31-28/h3-12,14,20,24H,13,15H2,1-2H3,(H2,30,33)(H,32,34). The van der Waals surface area contributed by atoms with Gasteiger partial charge in [-0.2, -0.15) is 0 Å². The van der Waals surface area contributed by atoms with E-state index in [4.69, 9.17) is 10.7 Å². The van der Waals surface area contributed by atoms with Gasteiger partial charge in [-0.15, -0.1) is 0 Å². The number of aromatic nitrogens is 2. The summed E-state index contributed by atoms with van der Waals surface area (Å²) in [6.07, 6.45) is 5.31. The van der Waals surface area contributed by atoms with E-state index in [1.807, 2.05) is 32.2 Å². The molecule has 2 unspecified atom stereocenters. The van der Waals surface area contributed by atoms with E-state index in [0.717, 1.165) is 28.9 Å². The molecule has 5 nitrogen and oxygen atoms in total. The third-order valence-corrected chi connectivity index (χ3v) is 7.32. The van der Waals surface area contributed by atoms with Crippen LogP contribution in [0.5, 0.6) is 0 Å². The first-order valence-corrected chi connectivity index (χ1v) is 11.7. The molecule has 0 aliphatic heterocycles. The van der Waals surface area contributed by atoms with Gasteiger partial charge in [0.25, 0.3) is 5.91 Å². The molecule has 6 rings (SSSR count). The summed E-state index contributed by atoms with van der Waals surface area (Å²) in [5, 5.41) is 5.47. The van der Waals surface area contributed by atoms with Gasteiger partial charge in [0.05, 0.1) is 5.69 Å². The highest BCUT2D eigenvalue weighted by Crippen LogP contribution is 2.55. The van der Waals surface area contributed by atoms with Crippen molar-refractivity contribution < 1.29 is 4.79 Å². The third-order valence-electron chi connectivity index (χ3n) is 7.32. The van der Waals surface area contributed by atoms with Crippen molar-refractivity contribution in [2.24, 2.45) is 0 Å². The SMILES string of the molecule is Cc1cc(N)nc(C)c1CNC(=O)c1ccc2c(c1)C1C=C(c3nccc4ccccc34)C2C1. The van der Waals surface area contributed by atoms with Gasteiger partial charge in [0.1, 0.15) is 5.82 Å². The quantitative estimate of drug-likeness (QED) is 0.438. The van der Waals surface area contributed by atoms with Crippen LogP contribution in [0.25, 0.3) is 16.3 Å². The van der Waals surface area contributed by atoms with Gasteiger partial charge in [-0.1, -0.05) is 36.4 Å². The molecule has 0 spiro atoms. The zero-order chi connectivity index (χ0) is 23.4. The van der Waals surface area contributed by atoms with E-state index in [1.54, 1.807) is 0 Å². The number of amides is 1. The van der Waals surface area contributed by atoms with Gasteiger partial charge in [0, 0.05) is 41.2 Å². The summed E-state index contributed by atoms with van der Waals surface area (Å²) < 4.78 is 0. The van der Waals surface area contributed by atoms with Gasteiger partial charge in [-0.3, -0.25) is 9.78 Å². The minimum Gasteiger partial charge on any atom is -0.384 e. The summed E-state index contributed by atoms with van der Waals surface area (Å²) in [7, 11) is 0. The van der Waals surface area contributed by atoms with Crippen molar-refractivity contribution in [3.63, 3.8) is 0 Å². The Morgan fingerprint density at radius 3 is 2.79 bits per heavy atom. The Hall–Kier alpha value is -3.99. The number of fused-ring (bicyclic) bond motifs is 6. The normalized spacial score (nSPS) is 18.1. The summed E-state index contributed by atoms with van der Waals surface area (Å²) >= 11 is 0. The Morgan fingerprint density at radius 1 is 1.09 bits per heavy atom. The second-order valence-corrected chi connectivity index (χ2v) is 9.35. The fourth-order valence-electron chi connectivity index (χ4n) is 5.67. The van der Waals surface area contributed by atoms with Crippen molar-refractivity contribution in [1.82, 2.24) is 15.3 Å².